The number of piperazine rings is 1. The van der Waals surface area contributed by atoms with E-state index in [4.69, 9.17) is 11.6 Å². The fraction of sp³-hybridized carbons (Fsp3) is 0.316. The molecule has 0 aliphatic carbocycles. The molecule has 0 spiro atoms. The Kier molecular flexibility index (Phi) is 5.85. The van der Waals surface area contributed by atoms with Crippen LogP contribution in [0.1, 0.15) is 18.1 Å². The van der Waals surface area contributed by atoms with Crippen molar-refractivity contribution < 1.29 is 4.92 Å². The molecule has 1 saturated heterocycles. The third kappa shape index (κ3) is 4.59. The largest absolute Gasteiger partial charge is 0.295 e. The van der Waals surface area contributed by atoms with E-state index < -0.39 is 0 Å². The first kappa shape index (κ1) is 18.4. The van der Waals surface area contributed by atoms with Crippen molar-refractivity contribution in [1.82, 2.24) is 9.91 Å². The quantitative estimate of drug-likeness (QED) is 0.455. The van der Waals surface area contributed by atoms with E-state index in [0.29, 0.717) is 0 Å². The predicted molar refractivity (Wildman–Crippen MR) is 104 cm³/mol. The number of benzene rings is 2. The van der Waals surface area contributed by atoms with Crippen molar-refractivity contribution in [3.63, 3.8) is 0 Å². The summed E-state index contributed by atoms with van der Waals surface area (Å²) in [5, 5.41) is 18.4. The number of hydrazone groups is 1. The standard InChI is InChI=1S/C19H21ClN4O2/c1-15(16-6-4-7-18(13-16)24(25)26)21-23-11-9-22(10-12-23)14-17-5-2-3-8-19(17)20/h2-8,13H,9-12,14H2,1H3/b21-15+. The first-order chi connectivity index (χ1) is 12.5. The molecule has 2 aromatic rings. The molecule has 1 aliphatic rings. The van der Waals surface area contributed by atoms with Crippen molar-refractivity contribution in [2.45, 2.75) is 13.5 Å². The van der Waals surface area contributed by atoms with Crippen LogP contribution < -0.4 is 0 Å². The lowest BCUT2D eigenvalue weighted by Gasteiger charge is -2.33. The van der Waals surface area contributed by atoms with Crippen molar-refractivity contribution in [2.75, 3.05) is 26.2 Å². The summed E-state index contributed by atoms with van der Waals surface area (Å²) in [5.74, 6) is 0. The zero-order valence-electron chi connectivity index (χ0n) is 14.6. The molecular formula is C19H21ClN4O2. The lowest BCUT2D eigenvalue weighted by atomic mass is 10.1. The summed E-state index contributed by atoms with van der Waals surface area (Å²) < 4.78 is 0. The Morgan fingerprint density at radius 3 is 2.58 bits per heavy atom. The smallest absolute Gasteiger partial charge is 0.270 e. The van der Waals surface area contributed by atoms with Crippen LogP contribution in [0.5, 0.6) is 0 Å². The minimum Gasteiger partial charge on any atom is -0.295 e. The summed E-state index contributed by atoms with van der Waals surface area (Å²) in [7, 11) is 0. The Morgan fingerprint density at radius 2 is 1.88 bits per heavy atom. The third-order valence-electron chi connectivity index (χ3n) is 4.47. The molecule has 1 heterocycles. The SMILES string of the molecule is C/C(=N\N1CCN(Cc2ccccc2Cl)CC1)c1cccc([N+](=O)[O-])c1. The van der Waals surface area contributed by atoms with Crippen LogP contribution in [-0.2, 0) is 6.54 Å². The first-order valence-electron chi connectivity index (χ1n) is 8.53. The zero-order valence-corrected chi connectivity index (χ0v) is 15.4. The van der Waals surface area contributed by atoms with Gasteiger partial charge in [-0.15, -0.1) is 0 Å². The molecule has 2 aromatic carbocycles. The predicted octanol–water partition coefficient (Wildman–Crippen LogP) is 3.79. The molecule has 3 rings (SSSR count). The Balaban J connectivity index is 1.59. The molecule has 0 bridgehead atoms. The van der Waals surface area contributed by atoms with Gasteiger partial charge in [-0.3, -0.25) is 20.0 Å². The molecule has 7 heteroatoms. The second-order valence-electron chi connectivity index (χ2n) is 6.31. The van der Waals surface area contributed by atoms with Gasteiger partial charge in [-0.05, 0) is 18.6 Å². The summed E-state index contributed by atoms with van der Waals surface area (Å²) in [5.41, 5.74) is 2.78. The lowest BCUT2D eigenvalue weighted by molar-refractivity contribution is -0.384. The average Bonchev–Trinajstić information content (AvgIpc) is 2.65. The van der Waals surface area contributed by atoms with Gasteiger partial charge in [0.05, 0.1) is 10.6 Å². The Bertz CT molecular complexity index is 817. The maximum atomic E-state index is 10.9. The lowest BCUT2D eigenvalue weighted by Crippen LogP contribution is -2.43. The highest BCUT2D eigenvalue weighted by Crippen LogP contribution is 2.18. The van der Waals surface area contributed by atoms with Crippen molar-refractivity contribution in [3.8, 4) is 0 Å². The van der Waals surface area contributed by atoms with Crippen LogP contribution in [0, 0.1) is 10.1 Å². The van der Waals surface area contributed by atoms with Gasteiger partial charge >= 0.3 is 0 Å². The van der Waals surface area contributed by atoms with Gasteiger partial charge in [0.1, 0.15) is 0 Å². The van der Waals surface area contributed by atoms with E-state index in [9.17, 15) is 10.1 Å². The van der Waals surface area contributed by atoms with Crippen LogP contribution in [0.3, 0.4) is 0 Å². The molecule has 136 valence electrons. The molecule has 26 heavy (non-hydrogen) atoms. The normalized spacial score (nSPS) is 15.9. The van der Waals surface area contributed by atoms with Gasteiger partial charge in [0, 0.05) is 55.4 Å². The van der Waals surface area contributed by atoms with E-state index >= 15 is 0 Å². The highest BCUT2D eigenvalue weighted by atomic mass is 35.5. The second-order valence-corrected chi connectivity index (χ2v) is 6.72. The summed E-state index contributed by atoms with van der Waals surface area (Å²) in [6.07, 6.45) is 0. The molecule has 0 amide bonds. The summed E-state index contributed by atoms with van der Waals surface area (Å²) in [6.45, 7) is 6.15. The van der Waals surface area contributed by atoms with E-state index in [1.807, 2.05) is 36.2 Å². The fourth-order valence-electron chi connectivity index (χ4n) is 2.98. The van der Waals surface area contributed by atoms with Crippen LogP contribution >= 0.6 is 11.6 Å². The van der Waals surface area contributed by atoms with Gasteiger partial charge in [0.25, 0.3) is 5.69 Å². The first-order valence-corrected chi connectivity index (χ1v) is 8.91. The van der Waals surface area contributed by atoms with Crippen molar-refractivity contribution in [1.29, 1.82) is 0 Å². The number of nitrogens with zero attached hydrogens (tertiary/aromatic N) is 4. The topological polar surface area (TPSA) is 62.0 Å². The van der Waals surface area contributed by atoms with E-state index in [2.05, 4.69) is 16.1 Å². The van der Waals surface area contributed by atoms with Crippen LogP contribution in [0.2, 0.25) is 5.02 Å². The zero-order chi connectivity index (χ0) is 18.5. The van der Waals surface area contributed by atoms with Gasteiger partial charge in [0.2, 0.25) is 0 Å². The molecule has 0 saturated carbocycles. The summed E-state index contributed by atoms with van der Waals surface area (Å²) in [4.78, 5) is 12.9. The average molecular weight is 373 g/mol. The van der Waals surface area contributed by atoms with E-state index in [0.717, 1.165) is 54.6 Å². The molecule has 0 unspecified atom stereocenters. The second kappa shape index (κ2) is 8.29. The molecule has 6 nitrogen and oxygen atoms in total. The maximum absolute atomic E-state index is 10.9. The van der Waals surface area contributed by atoms with Gasteiger partial charge in [0.15, 0.2) is 0 Å². The molecule has 0 N–H and O–H groups in total. The van der Waals surface area contributed by atoms with Gasteiger partial charge in [-0.25, -0.2) is 0 Å². The Hall–Kier alpha value is -2.44. The van der Waals surface area contributed by atoms with Crippen LogP contribution in [0.4, 0.5) is 5.69 Å². The summed E-state index contributed by atoms with van der Waals surface area (Å²) in [6, 6.07) is 14.5. The van der Waals surface area contributed by atoms with E-state index in [-0.39, 0.29) is 10.6 Å². The fourth-order valence-corrected chi connectivity index (χ4v) is 3.17. The minimum atomic E-state index is -0.385. The van der Waals surface area contributed by atoms with Crippen molar-refractivity contribution in [3.05, 3.63) is 74.8 Å². The monoisotopic (exact) mass is 372 g/mol. The highest BCUT2D eigenvalue weighted by molar-refractivity contribution is 6.31. The van der Waals surface area contributed by atoms with E-state index in [1.165, 1.54) is 6.07 Å². The molecule has 1 fully saturated rings. The maximum Gasteiger partial charge on any atom is 0.270 e. The summed E-state index contributed by atoms with van der Waals surface area (Å²) >= 11 is 6.24. The Morgan fingerprint density at radius 1 is 1.15 bits per heavy atom. The number of rotatable bonds is 5. The van der Waals surface area contributed by atoms with Gasteiger partial charge in [-0.2, -0.15) is 5.10 Å². The molecule has 0 aromatic heterocycles. The molecule has 1 aliphatic heterocycles. The molecule has 0 radical (unpaired) electrons. The number of hydrogen-bond donors (Lipinski definition) is 0. The van der Waals surface area contributed by atoms with Crippen LogP contribution in [-0.4, -0.2) is 46.7 Å². The van der Waals surface area contributed by atoms with Crippen LogP contribution in [0.25, 0.3) is 0 Å². The number of hydrogen-bond acceptors (Lipinski definition) is 5. The van der Waals surface area contributed by atoms with Gasteiger partial charge in [-0.1, -0.05) is 41.9 Å². The van der Waals surface area contributed by atoms with Gasteiger partial charge < -0.3 is 0 Å². The number of non-ortho nitro benzene ring substituents is 1. The minimum absolute atomic E-state index is 0.0848. The van der Waals surface area contributed by atoms with Crippen molar-refractivity contribution in [2.24, 2.45) is 5.10 Å². The van der Waals surface area contributed by atoms with Crippen molar-refractivity contribution >= 4 is 23.0 Å². The number of nitro groups is 1. The highest BCUT2D eigenvalue weighted by Gasteiger charge is 2.17. The number of nitro benzene ring substituents is 1. The molecule has 0 atom stereocenters. The molecular weight excluding hydrogens is 352 g/mol. The Labute approximate surface area is 157 Å². The number of halogens is 1. The third-order valence-corrected chi connectivity index (χ3v) is 4.84. The van der Waals surface area contributed by atoms with Crippen LogP contribution in [0.15, 0.2) is 53.6 Å². The van der Waals surface area contributed by atoms with E-state index in [1.54, 1.807) is 12.1 Å².